The number of hydrogen-bond donors (Lipinski definition) is 0. The third kappa shape index (κ3) is 4.86. The minimum absolute atomic E-state index is 0.0141. The van der Waals surface area contributed by atoms with Crippen LogP contribution in [0.15, 0.2) is 48.8 Å². The van der Waals surface area contributed by atoms with Gasteiger partial charge in [0.05, 0.1) is 6.20 Å². The van der Waals surface area contributed by atoms with E-state index in [4.69, 9.17) is 21.1 Å². The van der Waals surface area contributed by atoms with Gasteiger partial charge in [-0.05, 0) is 37.3 Å². The lowest BCUT2D eigenvalue weighted by Gasteiger charge is -2.33. The number of carbonyl (C=O) groups is 1. The maximum absolute atomic E-state index is 12.6. The fraction of sp³-hybridized carbons (Fsp3) is 0.368. The summed E-state index contributed by atoms with van der Waals surface area (Å²) in [4.78, 5) is 18.4. The first-order valence-corrected chi connectivity index (χ1v) is 8.77. The average Bonchev–Trinajstić information content (AvgIpc) is 2.62. The largest absolute Gasteiger partial charge is 0.489 e. The second-order valence-corrected chi connectivity index (χ2v) is 6.49. The van der Waals surface area contributed by atoms with Crippen LogP contribution >= 0.6 is 11.6 Å². The van der Waals surface area contributed by atoms with E-state index in [0.717, 1.165) is 18.6 Å². The van der Waals surface area contributed by atoms with Gasteiger partial charge in [0, 0.05) is 37.2 Å². The summed E-state index contributed by atoms with van der Waals surface area (Å²) >= 11 is 5.95. The molecule has 3 rings (SSSR count). The Kier molecular flexibility index (Phi) is 5.76. The van der Waals surface area contributed by atoms with Crippen LogP contribution in [0.2, 0.25) is 5.02 Å². The van der Waals surface area contributed by atoms with E-state index >= 15 is 0 Å². The van der Waals surface area contributed by atoms with Gasteiger partial charge in [0.15, 0.2) is 6.10 Å². The first-order chi connectivity index (χ1) is 12.1. The molecule has 1 aliphatic rings. The molecule has 0 saturated carbocycles. The predicted molar refractivity (Wildman–Crippen MR) is 96.0 cm³/mol. The summed E-state index contributed by atoms with van der Waals surface area (Å²) < 4.78 is 11.6. The number of amides is 1. The van der Waals surface area contributed by atoms with E-state index in [0.29, 0.717) is 23.9 Å². The number of hydrogen-bond acceptors (Lipinski definition) is 4. The maximum Gasteiger partial charge on any atom is 0.263 e. The van der Waals surface area contributed by atoms with Crippen LogP contribution in [0.4, 0.5) is 0 Å². The number of carbonyl (C=O) groups excluding carboxylic acids is 1. The number of piperidine rings is 1. The van der Waals surface area contributed by atoms with E-state index in [2.05, 4.69) is 4.98 Å². The molecule has 132 valence electrons. The van der Waals surface area contributed by atoms with E-state index in [1.807, 2.05) is 17.0 Å². The molecule has 1 aromatic carbocycles. The van der Waals surface area contributed by atoms with Gasteiger partial charge in [-0.3, -0.25) is 9.78 Å². The van der Waals surface area contributed by atoms with Crippen molar-refractivity contribution < 1.29 is 14.3 Å². The van der Waals surface area contributed by atoms with Gasteiger partial charge in [-0.1, -0.05) is 17.7 Å². The van der Waals surface area contributed by atoms with Crippen LogP contribution in [0.3, 0.4) is 0 Å². The number of likely N-dealkylation sites (tertiary alicyclic amines) is 1. The molecule has 1 fully saturated rings. The minimum atomic E-state index is -0.547. The summed E-state index contributed by atoms with van der Waals surface area (Å²) in [5.74, 6) is 1.35. The van der Waals surface area contributed by atoms with E-state index in [-0.39, 0.29) is 12.0 Å². The van der Waals surface area contributed by atoms with Crippen LogP contribution < -0.4 is 9.47 Å². The molecule has 1 saturated heterocycles. The Balaban J connectivity index is 1.49. The van der Waals surface area contributed by atoms with E-state index in [1.54, 1.807) is 43.6 Å². The van der Waals surface area contributed by atoms with E-state index in [9.17, 15) is 4.79 Å². The summed E-state index contributed by atoms with van der Waals surface area (Å²) in [5.41, 5.74) is 0. The van der Waals surface area contributed by atoms with Crippen LogP contribution in [0.5, 0.6) is 11.5 Å². The van der Waals surface area contributed by atoms with E-state index in [1.165, 1.54) is 0 Å². The van der Waals surface area contributed by atoms with Gasteiger partial charge in [-0.25, -0.2) is 0 Å². The van der Waals surface area contributed by atoms with Crippen molar-refractivity contribution in [2.75, 3.05) is 13.1 Å². The number of halogens is 1. The summed E-state index contributed by atoms with van der Waals surface area (Å²) in [7, 11) is 0. The SMILES string of the molecule is C[C@@H](Oc1cccc(Cl)c1)C(=O)N1CCC(Oc2cccnc2)CC1. The zero-order valence-electron chi connectivity index (χ0n) is 14.1. The summed E-state index contributed by atoms with van der Waals surface area (Å²) in [6.45, 7) is 3.08. The fourth-order valence-corrected chi connectivity index (χ4v) is 3.04. The molecule has 6 heteroatoms. The normalized spacial score (nSPS) is 16.3. The standard InChI is InChI=1S/C19H21ClN2O3/c1-14(24-17-5-2-4-15(20)12-17)19(23)22-10-7-16(8-11-22)25-18-6-3-9-21-13-18/h2-6,9,12-14,16H,7-8,10-11H2,1H3/t14-/m1/s1. The topological polar surface area (TPSA) is 51.7 Å². The predicted octanol–water partition coefficient (Wildman–Crippen LogP) is 3.57. The molecule has 0 spiro atoms. The summed E-state index contributed by atoms with van der Waals surface area (Å²) in [6.07, 6.45) is 4.58. The molecule has 5 nitrogen and oxygen atoms in total. The van der Waals surface area contributed by atoms with Gasteiger partial charge in [0.2, 0.25) is 0 Å². The highest BCUT2D eigenvalue weighted by Gasteiger charge is 2.27. The molecule has 2 heterocycles. The van der Waals surface area contributed by atoms with Crippen molar-refractivity contribution in [3.05, 3.63) is 53.8 Å². The molecule has 1 amide bonds. The van der Waals surface area contributed by atoms with Crippen LogP contribution in [-0.2, 0) is 4.79 Å². The zero-order valence-corrected chi connectivity index (χ0v) is 14.9. The van der Waals surface area contributed by atoms with Gasteiger partial charge in [-0.15, -0.1) is 0 Å². The van der Waals surface area contributed by atoms with Crippen molar-refractivity contribution >= 4 is 17.5 Å². The minimum Gasteiger partial charge on any atom is -0.489 e. The Hall–Kier alpha value is -2.27. The van der Waals surface area contributed by atoms with Crippen molar-refractivity contribution in [3.63, 3.8) is 0 Å². The second-order valence-electron chi connectivity index (χ2n) is 6.05. The van der Waals surface area contributed by atoms with Crippen LogP contribution in [0.1, 0.15) is 19.8 Å². The Bertz CT molecular complexity index is 703. The monoisotopic (exact) mass is 360 g/mol. The summed E-state index contributed by atoms with van der Waals surface area (Å²) in [5, 5.41) is 0.588. The molecule has 2 aromatic rings. The van der Waals surface area contributed by atoms with Crippen molar-refractivity contribution in [2.24, 2.45) is 0 Å². The first kappa shape index (κ1) is 17.5. The molecule has 1 aromatic heterocycles. The molecule has 0 unspecified atom stereocenters. The third-order valence-corrected chi connectivity index (χ3v) is 4.38. The fourth-order valence-electron chi connectivity index (χ4n) is 2.86. The van der Waals surface area contributed by atoms with Crippen molar-refractivity contribution in [1.29, 1.82) is 0 Å². The van der Waals surface area contributed by atoms with Gasteiger partial charge in [0.1, 0.15) is 17.6 Å². The lowest BCUT2D eigenvalue weighted by molar-refractivity contribution is -0.139. The van der Waals surface area contributed by atoms with Gasteiger partial charge >= 0.3 is 0 Å². The molecule has 1 aliphatic heterocycles. The van der Waals surface area contributed by atoms with Crippen molar-refractivity contribution in [2.45, 2.75) is 32.0 Å². The van der Waals surface area contributed by atoms with Crippen molar-refractivity contribution in [3.8, 4) is 11.5 Å². The molecule has 0 bridgehead atoms. The van der Waals surface area contributed by atoms with Gasteiger partial charge in [0.25, 0.3) is 5.91 Å². The van der Waals surface area contributed by atoms with Gasteiger partial charge in [-0.2, -0.15) is 0 Å². The molecule has 1 atom stereocenters. The molecular formula is C19H21ClN2O3. The first-order valence-electron chi connectivity index (χ1n) is 8.39. The van der Waals surface area contributed by atoms with Crippen molar-refractivity contribution in [1.82, 2.24) is 9.88 Å². The highest BCUT2D eigenvalue weighted by Crippen LogP contribution is 2.21. The van der Waals surface area contributed by atoms with Crippen LogP contribution in [0, 0.1) is 0 Å². The molecule has 0 N–H and O–H groups in total. The van der Waals surface area contributed by atoms with E-state index < -0.39 is 6.10 Å². The summed E-state index contributed by atoms with van der Waals surface area (Å²) in [6, 6.07) is 10.8. The zero-order chi connectivity index (χ0) is 17.6. The molecular weight excluding hydrogens is 340 g/mol. The Morgan fingerprint density at radius 1 is 1.24 bits per heavy atom. The Labute approximate surface area is 152 Å². The number of pyridine rings is 1. The third-order valence-electron chi connectivity index (χ3n) is 4.15. The molecule has 0 radical (unpaired) electrons. The highest BCUT2D eigenvalue weighted by molar-refractivity contribution is 6.30. The second kappa shape index (κ2) is 8.21. The number of ether oxygens (including phenoxy) is 2. The van der Waals surface area contributed by atoms with Crippen LogP contribution in [0.25, 0.3) is 0 Å². The number of aromatic nitrogens is 1. The number of rotatable bonds is 5. The molecule has 0 aliphatic carbocycles. The maximum atomic E-state index is 12.6. The lowest BCUT2D eigenvalue weighted by Crippen LogP contribution is -2.46. The number of nitrogens with zero attached hydrogens (tertiary/aromatic N) is 2. The smallest absolute Gasteiger partial charge is 0.263 e. The molecule has 25 heavy (non-hydrogen) atoms. The Morgan fingerprint density at radius 2 is 2.00 bits per heavy atom. The lowest BCUT2D eigenvalue weighted by atomic mass is 10.1. The number of benzene rings is 1. The average molecular weight is 361 g/mol. The van der Waals surface area contributed by atoms with Crippen LogP contribution in [-0.4, -0.2) is 41.1 Å². The van der Waals surface area contributed by atoms with Gasteiger partial charge < -0.3 is 14.4 Å². The quantitative estimate of drug-likeness (QED) is 0.817. The Morgan fingerprint density at radius 3 is 2.68 bits per heavy atom. The highest BCUT2D eigenvalue weighted by atomic mass is 35.5.